The van der Waals surface area contributed by atoms with Crippen LogP contribution in [0.5, 0.6) is 0 Å². The highest BCUT2D eigenvalue weighted by Crippen LogP contribution is 2.36. The van der Waals surface area contributed by atoms with Gasteiger partial charge in [-0.25, -0.2) is 0 Å². The van der Waals surface area contributed by atoms with Gasteiger partial charge in [0.05, 0.1) is 5.54 Å². The van der Waals surface area contributed by atoms with Crippen molar-refractivity contribution in [3.63, 3.8) is 0 Å². The molecule has 3 rings (SSSR count). The Labute approximate surface area is 102 Å². The molecule has 1 N–H and O–H groups in total. The van der Waals surface area contributed by atoms with Crippen molar-refractivity contribution in [1.29, 1.82) is 0 Å². The van der Waals surface area contributed by atoms with E-state index in [1.165, 1.54) is 16.8 Å². The number of rotatable bonds is 1. The molecule has 1 heterocycles. The summed E-state index contributed by atoms with van der Waals surface area (Å²) in [5.74, 6) is 0. The smallest absolute Gasteiger partial charge is 0.0600 e. The molecule has 2 aromatic rings. The molecule has 0 saturated carbocycles. The second-order valence-corrected chi connectivity index (χ2v) is 4.98. The van der Waals surface area contributed by atoms with E-state index in [0.29, 0.717) is 0 Å². The molecule has 86 valence electrons. The zero-order chi connectivity index (χ0) is 11.7. The van der Waals surface area contributed by atoms with Gasteiger partial charge in [-0.1, -0.05) is 48.5 Å². The number of fused-ring (bicyclic) bond motifs is 1. The van der Waals surface area contributed by atoms with Gasteiger partial charge in [-0.2, -0.15) is 0 Å². The van der Waals surface area contributed by atoms with Crippen molar-refractivity contribution < 1.29 is 0 Å². The van der Waals surface area contributed by atoms with Gasteiger partial charge >= 0.3 is 0 Å². The van der Waals surface area contributed by atoms with Gasteiger partial charge in [0.25, 0.3) is 0 Å². The Morgan fingerprint density at radius 3 is 2.47 bits per heavy atom. The Balaban J connectivity index is 1.98. The maximum absolute atomic E-state index is 3.69. The van der Waals surface area contributed by atoms with Gasteiger partial charge in [0, 0.05) is 5.69 Å². The summed E-state index contributed by atoms with van der Waals surface area (Å²) < 4.78 is 0. The summed E-state index contributed by atoms with van der Waals surface area (Å²) in [7, 11) is 0. The second-order valence-electron chi connectivity index (χ2n) is 4.98. The van der Waals surface area contributed by atoms with E-state index >= 15 is 0 Å². The topological polar surface area (TPSA) is 12.0 Å². The molecule has 0 aromatic heterocycles. The van der Waals surface area contributed by atoms with Gasteiger partial charge in [0.1, 0.15) is 0 Å². The number of hydrogen-bond acceptors (Lipinski definition) is 1. The van der Waals surface area contributed by atoms with Crippen LogP contribution >= 0.6 is 0 Å². The molecule has 1 heteroatoms. The van der Waals surface area contributed by atoms with Gasteiger partial charge in [0.15, 0.2) is 0 Å². The van der Waals surface area contributed by atoms with Crippen LogP contribution < -0.4 is 5.32 Å². The van der Waals surface area contributed by atoms with Crippen LogP contribution in [0.1, 0.15) is 24.5 Å². The van der Waals surface area contributed by atoms with E-state index in [-0.39, 0.29) is 5.54 Å². The summed E-state index contributed by atoms with van der Waals surface area (Å²) in [5, 5.41) is 3.69. The highest BCUT2D eigenvalue weighted by molar-refractivity contribution is 5.56. The van der Waals surface area contributed by atoms with Crippen molar-refractivity contribution in [3.05, 3.63) is 65.7 Å². The van der Waals surface area contributed by atoms with E-state index < -0.39 is 0 Å². The summed E-state index contributed by atoms with van der Waals surface area (Å²) in [5.41, 5.74) is 4.15. The van der Waals surface area contributed by atoms with Crippen LogP contribution in [-0.2, 0) is 12.0 Å². The van der Waals surface area contributed by atoms with Crippen molar-refractivity contribution in [3.8, 4) is 0 Å². The van der Waals surface area contributed by atoms with Crippen LogP contribution in [-0.4, -0.2) is 0 Å². The predicted octanol–water partition coefficient (Wildman–Crippen LogP) is 3.96. The maximum Gasteiger partial charge on any atom is 0.0600 e. The molecule has 0 aliphatic carbocycles. The van der Waals surface area contributed by atoms with Crippen LogP contribution in [0.25, 0.3) is 0 Å². The molecule has 0 saturated heterocycles. The number of benzene rings is 2. The van der Waals surface area contributed by atoms with Gasteiger partial charge in [-0.05, 0) is 37.0 Å². The minimum Gasteiger partial charge on any atom is -0.376 e. The molecule has 0 spiro atoms. The highest BCUT2D eigenvalue weighted by Gasteiger charge is 2.30. The zero-order valence-electron chi connectivity index (χ0n) is 10.1. The maximum atomic E-state index is 3.69. The number of nitrogens with one attached hydrogen (secondary N) is 1. The van der Waals surface area contributed by atoms with Crippen LogP contribution in [0.15, 0.2) is 54.6 Å². The zero-order valence-corrected chi connectivity index (χ0v) is 10.1. The summed E-state index contributed by atoms with van der Waals surface area (Å²) in [4.78, 5) is 0. The Morgan fingerprint density at radius 1 is 0.941 bits per heavy atom. The van der Waals surface area contributed by atoms with Gasteiger partial charge in [-0.15, -0.1) is 0 Å². The fourth-order valence-electron chi connectivity index (χ4n) is 2.63. The van der Waals surface area contributed by atoms with Crippen LogP contribution in [0.4, 0.5) is 5.69 Å². The molecule has 17 heavy (non-hydrogen) atoms. The average molecular weight is 223 g/mol. The lowest BCUT2D eigenvalue weighted by atomic mass is 9.82. The third-order valence-electron chi connectivity index (χ3n) is 3.73. The monoisotopic (exact) mass is 223 g/mol. The van der Waals surface area contributed by atoms with Crippen LogP contribution in [0, 0.1) is 0 Å². The number of aryl methyl sites for hydroxylation is 1. The lowest BCUT2D eigenvalue weighted by Crippen LogP contribution is -2.35. The van der Waals surface area contributed by atoms with Crippen molar-refractivity contribution in [2.75, 3.05) is 5.32 Å². The molecule has 2 aromatic carbocycles. The lowest BCUT2D eigenvalue weighted by Gasteiger charge is -2.37. The first-order chi connectivity index (χ1) is 8.28. The van der Waals surface area contributed by atoms with Gasteiger partial charge in [-0.3, -0.25) is 0 Å². The molecular formula is C16H17N. The summed E-state index contributed by atoms with van der Waals surface area (Å²) >= 11 is 0. The molecule has 0 bridgehead atoms. The predicted molar refractivity (Wildman–Crippen MR) is 72.2 cm³/mol. The summed E-state index contributed by atoms with van der Waals surface area (Å²) in [6.07, 6.45) is 2.29. The van der Waals surface area contributed by atoms with Crippen molar-refractivity contribution in [1.82, 2.24) is 0 Å². The van der Waals surface area contributed by atoms with E-state index in [1.54, 1.807) is 0 Å². The molecule has 1 unspecified atom stereocenters. The minimum absolute atomic E-state index is 0.0651. The van der Waals surface area contributed by atoms with Gasteiger partial charge < -0.3 is 5.32 Å². The molecular weight excluding hydrogens is 206 g/mol. The number of para-hydroxylation sites is 1. The third kappa shape index (κ3) is 1.82. The second kappa shape index (κ2) is 3.92. The summed E-state index contributed by atoms with van der Waals surface area (Å²) in [6, 6.07) is 19.3. The van der Waals surface area contributed by atoms with Crippen LogP contribution in [0.2, 0.25) is 0 Å². The average Bonchev–Trinajstić information content (AvgIpc) is 2.40. The van der Waals surface area contributed by atoms with Crippen molar-refractivity contribution >= 4 is 5.69 Å². The molecule has 0 radical (unpaired) electrons. The summed E-state index contributed by atoms with van der Waals surface area (Å²) in [6.45, 7) is 2.29. The Hall–Kier alpha value is -1.76. The van der Waals surface area contributed by atoms with E-state index in [4.69, 9.17) is 0 Å². The molecule has 0 amide bonds. The first kappa shape index (κ1) is 10.4. The van der Waals surface area contributed by atoms with Crippen LogP contribution in [0.3, 0.4) is 0 Å². The fraction of sp³-hybridized carbons (Fsp3) is 0.250. The van der Waals surface area contributed by atoms with Gasteiger partial charge in [0.2, 0.25) is 0 Å². The largest absolute Gasteiger partial charge is 0.376 e. The van der Waals surface area contributed by atoms with Crippen molar-refractivity contribution in [2.45, 2.75) is 25.3 Å². The molecule has 0 fully saturated rings. The number of anilines is 1. The van der Waals surface area contributed by atoms with E-state index in [9.17, 15) is 0 Å². The molecule has 1 nitrogen and oxygen atoms in total. The minimum atomic E-state index is 0.0651. The van der Waals surface area contributed by atoms with E-state index in [2.05, 4.69) is 66.8 Å². The lowest BCUT2D eigenvalue weighted by molar-refractivity contribution is 0.480. The molecule has 1 aliphatic heterocycles. The standard InChI is InChI=1S/C16H17N/c1-16(14-8-3-2-4-9-14)12-11-13-7-5-6-10-15(13)17-16/h2-10,17H,11-12H2,1H3. The Morgan fingerprint density at radius 2 is 1.65 bits per heavy atom. The van der Waals surface area contributed by atoms with E-state index in [1.807, 2.05) is 0 Å². The molecule has 1 atom stereocenters. The quantitative estimate of drug-likeness (QED) is 0.771. The molecule has 1 aliphatic rings. The normalized spacial score (nSPS) is 22.6. The van der Waals surface area contributed by atoms with E-state index in [0.717, 1.165) is 12.8 Å². The fourth-order valence-corrected chi connectivity index (χ4v) is 2.63. The first-order valence-corrected chi connectivity index (χ1v) is 6.20. The Kier molecular flexibility index (Phi) is 2.40. The third-order valence-corrected chi connectivity index (χ3v) is 3.73. The number of hydrogen-bond donors (Lipinski definition) is 1. The van der Waals surface area contributed by atoms with Crippen molar-refractivity contribution in [2.24, 2.45) is 0 Å². The Bertz CT molecular complexity index is 518. The SMILES string of the molecule is CC1(c2ccccc2)CCc2ccccc2N1. The highest BCUT2D eigenvalue weighted by atomic mass is 15.0. The first-order valence-electron chi connectivity index (χ1n) is 6.20.